The fourth-order valence-electron chi connectivity index (χ4n) is 3.60. The van der Waals surface area contributed by atoms with Gasteiger partial charge in [-0.15, -0.1) is 0 Å². The van der Waals surface area contributed by atoms with Gasteiger partial charge in [-0.2, -0.15) is 5.10 Å². The van der Waals surface area contributed by atoms with Gasteiger partial charge in [0.1, 0.15) is 5.71 Å². The average Bonchev–Trinajstić information content (AvgIpc) is 2.49. The highest BCUT2D eigenvalue weighted by Gasteiger charge is 2.43. The largest absolute Gasteiger partial charge is 0.329 e. The third-order valence-corrected chi connectivity index (χ3v) is 4.72. The zero-order valence-corrected chi connectivity index (χ0v) is 11.8. The summed E-state index contributed by atoms with van der Waals surface area (Å²) < 4.78 is 0. The summed E-state index contributed by atoms with van der Waals surface area (Å²) in [7, 11) is 0. The summed E-state index contributed by atoms with van der Waals surface area (Å²) in [5.74, 6) is -0.0809. The van der Waals surface area contributed by atoms with Crippen LogP contribution in [0.25, 0.3) is 0 Å². The van der Waals surface area contributed by atoms with E-state index in [2.05, 4.69) is 15.8 Å². The van der Waals surface area contributed by atoms with Crippen LogP contribution in [0.2, 0.25) is 0 Å². The van der Waals surface area contributed by atoms with Gasteiger partial charge in [0, 0.05) is 32.5 Å². The van der Waals surface area contributed by atoms with Crippen LogP contribution in [0.5, 0.6) is 0 Å². The van der Waals surface area contributed by atoms with E-state index in [-0.39, 0.29) is 17.4 Å². The summed E-state index contributed by atoms with van der Waals surface area (Å²) >= 11 is 0. The molecular formula is C14H22N4O2. The Morgan fingerprint density at radius 3 is 2.70 bits per heavy atom. The number of amides is 2. The van der Waals surface area contributed by atoms with Crippen LogP contribution < -0.4 is 10.7 Å². The van der Waals surface area contributed by atoms with Crippen LogP contribution in [0.1, 0.15) is 44.9 Å². The summed E-state index contributed by atoms with van der Waals surface area (Å²) in [4.78, 5) is 25.9. The molecule has 0 aromatic rings. The summed E-state index contributed by atoms with van der Waals surface area (Å²) in [6, 6.07) is 0. The van der Waals surface area contributed by atoms with Gasteiger partial charge in [0.25, 0.3) is 5.91 Å². The molecule has 2 amide bonds. The number of nitrogens with one attached hydrogen (secondary N) is 2. The number of nitrogens with zero attached hydrogens (tertiary/aromatic N) is 2. The van der Waals surface area contributed by atoms with Crippen LogP contribution in [0.4, 0.5) is 0 Å². The van der Waals surface area contributed by atoms with E-state index in [9.17, 15) is 9.59 Å². The highest BCUT2D eigenvalue weighted by molar-refractivity contribution is 6.39. The molecule has 1 spiro atoms. The standard InChI is InChI=1S/C14H22N4O2/c19-12-5-4-11(16-17-12)13(20)18-9-8-15-10-14(18)6-2-1-3-7-14/h15H,1-10H2,(H,17,19). The molecule has 20 heavy (non-hydrogen) atoms. The van der Waals surface area contributed by atoms with E-state index >= 15 is 0 Å². The topological polar surface area (TPSA) is 73.8 Å². The first-order chi connectivity index (χ1) is 9.71. The Balaban J connectivity index is 1.79. The van der Waals surface area contributed by atoms with Crippen molar-refractivity contribution in [3.8, 4) is 0 Å². The summed E-state index contributed by atoms with van der Waals surface area (Å²) in [5.41, 5.74) is 2.91. The monoisotopic (exact) mass is 278 g/mol. The molecule has 6 heteroatoms. The van der Waals surface area contributed by atoms with Crippen LogP contribution >= 0.6 is 0 Å². The minimum atomic E-state index is -0.103. The van der Waals surface area contributed by atoms with Crippen LogP contribution in [0.3, 0.4) is 0 Å². The SMILES string of the molecule is O=C1CCC(C(=O)N2CCNCC23CCCCC3)=NN1. The third-order valence-electron chi connectivity index (χ3n) is 4.72. The van der Waals surface area contributed by atoms with E-state index < -0.39 is 0 Å². The van der Waals surface area contributed by atoms with Gasteiger partial charge in [0.15, 0.2) is 0 Å². The fourth-order valence-corrected chi connectivity index (χ4v) is 3.60. The summed E-state index contributed by atoms with van der Waals surface area (Å²) in [6.07, 6.45) is 6.62. The van der Waals surface area contributed by atoms with Crippen molar-refractivity contribution in [2.45, 2.75) is 50.5 Å². The lowest BCUT2D eigenvalue weighted by atomic mass is 9.78. The number of hydrogen-bond donors (Lipinski definition) is 2. The second-order valence-corrected chi connectivity index (χ2v) is 6.01. The number of carbonyl (C=O) groups excluding carboxylic acids is 2. The Kier molecular flexibility index (Phi) is 3.74. The predicted molar refractivity (Wildman–Crippen MR) is 75.2 cm³/mol. The Morgan fingerprint density at radius 1 is 1.20 bits per heavy atom. The number of rotatable bonds is 1. The van der Waals surface area contributed by atoms with Gasteiger partial charge in [0.2, 0.25) is 5.91 Å². The third kappa shape index (κ3) is 2.44. The first-order valence-electron chi connectivity index (χ1n) is 7.59. The van der Waals surface area contributed by atoms with E-state index in [1.165, 1.54) is 19.3 Å². The molecule has 0 aromatic heterocycles. The van der Waals surface area contributed by atoms with Crippen LogP contribution in [-0.2, 0) is 9.59 Å². The lowest BCUT2D eigenvalue weighted by molar-refractivity contribution is -0.133. The van der Waals surface area contributed by atoms with Gasteiger partial charge >= 0.3 is 0 Å². The second-order valence-electron chi connectivity index (χ2n) is 6.01. The number of hydrazone groups is 1. The fraction of sp³-hybridized carbons (Fsp3) is 0.786. The molecule has 1 saturated heterocycles. The molecule has 0 radical (unpaired) electrons. The van der Waals surface area contributed by atoms with Crippen LogP contribution in [0, 0.1) is 0 Å². The highest BCUT2D eigenvalue weighted by Crippen LogP contribution is 2.35. The molecule has 110 valence electrons. The molecule has 2 fully saturated rings. The van der Waals surface area contributed by atoms with Crippen molar-refractivity contribution < 1.29 is 9.59 Å². The predicted octanol–water partition coefficient (Wildman–Crippen LogP) is 0.387. The maximum Gasteiger partial charge on any atom is 0.270 e. The van der Waals surface area contributed by atoms with E-state index in [1.54, 1.807) is 0 Å². The summed E-state index contributed by atoms with van der Waals surface area (Å²) in [6.45, 7) is 2.47. The van der Waals surface area contributed by atoms with Crippen molar-refractivity contribution in [3.05, 3.63) is 0 Å². The molecule has 2 N–H and O–H groups in total. The molecule has 6 nitrogen and oxygen atoms in total. The molecule has 3 aliphatic rings. The smallest absolute Gasteiger partial charge is 0.270 e. The molecule has 1 saturated carbocycles. The molecule has 3 rings (SSSR count). The maximum atomic E-state index is 12.7. The lowest BCUT2D eigenvalue weighted by Gasteiger charge is -2.50. The molecule has 0 aromatic carbocycles. The molecule has 2 heterocycles. The van der Waals surface area contributed by atoms with Crippen molar-refractivity contribution >= 4 is 17.5 Å². The van der Waals surface area contributed by atoms with Gasteiger partial charge < -0.3 is 10.2 Å². The lowest BCUT2D eigenvalue weighted by Crippen LogP contribution is -2.65. The minimum Gasteiger partial charge on any atom is -0.329 e. The number of piperazine rings is 1. The van der Waals surface area contributed by atoms with Gasteiger partial charge in [0.05, 0.1) is 5.54 Å². The Bertz CT molecular complexity index is 432. The first-order valence-corrected chi connectivity index (χ1v) is 7.59. The van der Waals surface area contributed by atoms with E-state index in [4.69, 9.17) is 0 Å². The first kappa shape index (κ1) is 13.5. The number of hydrogen-bond acceptors (Lipinski definition) is 4. The average molecular weight is 278 g/mol. The Labute approximate surface area is 119 Å². The molecule has 1 aliphatic carbocycles. The van der Waals surface area contributed by atoms with Crippen LogP contribution in [0.15, 0.2) is 5.10 Å². The Morgan fingerprint density at radius 2 is 2.00 bits per heavy atom. The molecule has 2 aliphatic heterocycles. The van der Waals surface area contributed by atoms with Crippen molar-refractivity contribution in [2.75, 3.05) is 19.6 Å². The maximum absolute atomic E-state index is 12.7. The van der Waals surface area contributed by atoms with E-state index in [0.717, 1.165) is 32.5 Å². The van der Waals surface area contributed by atoms with Crippen molar-refractivity contribution in [2.24, 2.45) is 5.10 Å². The van der Waals surface area contributed by atoms with Crippen LogP contribution in [-0.4, -0.2) is 47.6 Å². The molecule has 0 bridgehead atoms. The van der Waals surface area contributed by atoms with Crippen molar-refractivity contribution in [3.63, 3.8) is 0 Å². The number of carbonyl (C=O) groups is 2. The van der Waals surface area contributed by atoms with Gasteiger partial charge in [-0.3, -0.25) is 9.59 Å². The van der Waals surface area contributed by atoms with Crippen molar-refractivity contribution in [1.82, 2.24) is 15.6 Å². The zero-order chi connectivity index (χ0) is 14.0. The minimum absolute atomic E-state index is 0.0217. The highest BCUT2D eigenvalue weighted by atomic mass is 16.2. The van der Waals surface area contributed by atoms with Crippen molar-refractivity contribution in [1.29, 1.82) is 0 Å². The second kappa shape index (κ2) is 5.52. The van der Waals surface area contributed by atoms with E-state index in [0.29, 0.717) is 18.6 Å². The molecule has 0 unspecified atom stereocenters. The van der Waals surface area contributed by atoms with E-state index in [1.807, 2.05) is 4.90 Å². The zero-order valence-electron chi connectivity index (χ0n) is 11.8. The molecule has 0 atom stereocenters. The quantitative estimate of drug-likeness (QED) is 0.728. The van der Waals surface area contributed by atoms with Gasteiger partial charge in [-0.25, -0.2) is 5.43 Å². The molecular weight excluding hydrogens is 256 g/mol. The normalized spacial score (nSPS) is 26.1. The Hall–Kier alpha value is -1.43. The summed E-state index contributed by atoms with van der Waals surface area (Å²) in [5, 5.41) is 7.41. The van der Waals surface area contributed by atoms with Gasteiger partial charge in [-0.05, 0) is 12.8 Å². The van der Waals surface area contributed by atoms with Gasteiger partial charge in [-0.1, -0.05) is 19.3 Å².